The lowest BCUT2D eigenvalue weighted by molar-refractivity contribution is 0.0681. The van der Waals surface area contributed by atoms with E-state index in [0.717, 1.165) is 48.1 Å². The molecule has 5 nitrogen and oxygen atoms in total. The van der Waals surface area contributed by atoms with Crippen molar-refractivity contribution in [1.82, 2.24) is 19.4 Å². The highest BCUT2D eigenvalue weighted by Crippen LogP contribution is 2.40. The maximum Gasteiger partial charge on any atom is 0.254 e. The van der Waals surface area contributed by atoms with E-state index in [9.17, 15) is 4.79 Å². The molecule has 0 bridgehead atoms. The van der Waals surface area contributed by atoms with Crippen LogP contribution in [0.4, 0.5) is 0 Å². The lowest BCUT2D eigenvalue weighted by Crippen LogP contribution is -2.40. The van der Waals surface area contributed by atoms with Gasteiger partial charge < -0.3 is 9.47 Å². The van der Waals surface area contributed by atoms with E-state index in [2.05, 4.69) is 9.55 Å². The number of likely N-dealkylation sites (tertiary alicyclic amines) is 1. The molecular weight excluding hydrogens is 324 g/mol. The maximum atomic E-state index is 13.4. The first-order valence-electron chi connectivity index (χ1n) is 9.46. The summed E-state index contributed by atoms with van der Waals surface area (Å²) in [6.07, 6.45) is 10.1. The molecule has 1 aliphatic heterocycles. The summed E-state index contributed by atoms with van der Waals surface area (Å²) in [7, 11) is 0. The molecule has 1 saturated heterocycles. The Bertz CT molecular complexity index is 946. The van der Waals surface area contributed by atoms with Crippen molar-refractivity contribution >= 4 is 16.8 Å². The number of carbonyl (C=O) groups is 1. The maximum absolute atomic E-state index is 13.4. The van der Waals surface area contributed by atoms with Gasteiger partial charge in [-0.25, -0.2) is 4.98 Å². The molecule has 1 amide bonds. The number of piperidine rings is 1. The molecular formula is C21H22N4O. The Balaban J connectivity index is 1.49. The number of pyridine rings is 1. The number of amides is 1. The largest absolute Gasteiger partial charge is 0.337 e. The van der Waals surface area contributed by atoms with E-state index in [4.69, 9.17) is 4.98 Å². The van der Waals surface area contributed by atoms with Gasteiger partial charge in [0.2, 0.25) is 0 Å². The van der Waals surface area contributed by atoms with E-state index in [1.54, 1.807) is 6.20 Å². The van der Waals surface area contributed by atoms with Gasteiger partial charge in [-0.05, 0) is 37.8 Å². The van der Waals surface area contributed by atoms with Crippen LogP contribution in [0.15, 0.2) is 49.1 Å². The quantitative estimate of drug-likeness (QED) is 0.725. The Labute approximate surface area is 152 Å². The second-order valence-electron chi connectivity index (χ2n) is 7.44. The number of hydrogen-bond acceptors (Lipinski definition) is 3. The predicted molar refractivity (Wildman–Crippen MR) is 100 cm³/mol. The van der Waals surface area contributed by atoms with Gasteiger partial charge in [0.1, 0.15) is 0 Å². The molecule has 1 aliphatic carbocycles. The minimum Gasteiger partial charge on any atom is -0.337 e. The average molecular weight is 346 g/mol. The molecule has 2 fully saturated rings. The Morgan fingerprint density at radius 1 is 1.15 bits per heavy atom. The molecule has 0 radical (unpaired) electrons. The van der Waals surface area contributed by atoms with Gasteiger partial charge in [0, 0.05) is 42.5 Å². The molecule has 26 heavy (non-hydrogen) atoms. The smallest absolute Gasteiger partial charge is 0.254 e. The topological polar surface area (TPSA) is 51.0 Å². The van der Waals surface area contributed by atoms with Crippen molar-refractivity contribution in [1.29, 1.82) is 0 Å². The van der Waals surface area contributed by atoms with Crippen molar-refractivity contribution in [2.75, 3.05) is 13.1 Å². The first kappa shape index (κ1) is 15.6. The summed E-state index contributed by atoms with van der Waals surface area (Å²) in [6, 6.07) is 10.4. The van der Waals surface area contributed by atoms with Crippen LogP contribution in [-0.2, 0) is 0 Å². The number of benzene rings is 1. The standard InChI is InChI=1S/C21H22N4O/c26-21(24-10-3-4-16(13-24)25-11-9-22-14-25)18-12-20(15-7-8-15)23-19-6-2-1-5-17(18)19/h1-2,5-6,9,11-12,14-16H,3-4,7-8,10,13H2/t16-/m1/s1. The van der Waals surface area contributed by atoms with Gasteiger partial charge in [0.15, 0.2) is 0 Å². The van der Waals surface area contributed by atoms with Crippen molar-refractivity contribution in [3.8, 4) is 0 Å². The van der Waals surface area contributed by atoms with Crippen LogP contribution in [0.2, 0.25) is 0 Å². The normalized spacial score (nSPS) is 20.5. The van der Waals surface area contributed by atoms with Gasteiger partial charge in [-0.1, -0.05) is 18.2 Å². The average Bonchev–Trinajstić information content (AvgIpc) is 3.40. The fourth-order valence-electron chi connectivity index (χ4n) is 4.00. The molecule has 1 atom stereocenters. The van der Waals surface area contributed by atoms with Crippen LogP contribution in [-0.4, -0.2) is 38.4 Å². The molecule has 0 N–H and O–H groups in total. The number of fused-ring (bicyclic) bond motifs is 1. The van der Waals surface area contributed by atoms with Crippen LogP contribution in [0.5, 0.6) is 0 Å². The number of hydrogen-bond donors (Lipinski definition) is 0. The number of para-hydroxylation sites is 1. The van der Waals surface area contributed by atoms with Crippen molar-refractivity contribution in [3.05, 3.63) is 60.3 Å². The van der Waals surface area contributed by atoms with E-state index < -0.39 is 0 Å². The highest BCUT2D eigenvalue weighted by molar-refractivity contribution is 6.06. The third-order valence-electron chi connectivity index (χ3n) is 5.59. The van der Waals surface area contributed by atoms with E-state index in [1.807, 2.05) is 47.8 Å². The van der Waals surface area contributed by atoms with Crippen LogP contribution in [0.25, 0.3) is 10.9 Å². The SMILES string of the molecule is O=C(c1cc(C2CC2)nc2ccccc12)N1CCC[C@@H](n2ccnc2)C1. The van der Waals surface area contributed by atoms with Crippen LogP contribution in [0.1, 0.15) is 53.7 Å². The second-order valence-corrected chi connectivity index (χ2v) is 7.44. The zero-order chi connectivity index (χ0) is 17.5. The lowest BCUT2D eigenvalue weighted by atomic mass is 10.0. The van der Waals surface area contributed by atoms with E-state index in [1.165, 1.54) is 12.8 Å². The Hall–Kier alpha value is -2.69. The van der Waals surface area contributed by atoms with Crippen LogP contribution in [0, 0.1) is 0 Å². The van der Waals surface area contributed by atoms with Crippen molar-refractivity contribution in [2.45, 2.75) is 37.6 Å². The summed E-state index contributed by atoms with van der Waals surface area (Å²) in [4.78, 5) is 24.4. The first-order chi connectivity index (χ1) is 12.8. The number of imidazole rings is 1. The van der Waals surface area contributed by atoms with Gasteiger partial charge in [-0.3, -0.25) is 9.78 Å². The van der Waals surface area contributed by atoms with Gasteiger partial charge in [0.25, 0.3) is 5.91 Å². The van der Waals surface area contributed by atoms with E-state index >= 15 is 0 Å². The third-order valence-corrected chi connectivity index (χ3v) is 5.59. The lowest BCUT2D eigenvalue weighted by Gasteiger charge is -2.33. The molecule has 132 valence electrons. The molecule has 3 heterocycles. The molecule has 0 spiro atoms. The van der Waals surface area contributed by atoms with E-state index in [0.29, 0.717) is 12.0 Å². The summed E-state index contributed by atoms with van der Waals surface area (Å²) in [5.41, 5.74) is 2.82. The number of carbonyl (C=O) groups excluding carboxylic acids is 1. The molecule has 1 aromatic carbocycles. The molecule has 1 saturated carbocycles. The van der Waals surface area contributed by atoms with Crippen LogP contribution in [0.3, 0.4) is 0 Å². The highest BCUT2D eigenvalue weighted by Gasteiger charge is 2.30. The molecule has 3 aromatic rings. The molecule has 5 rings (SSSR count). The fourth-order valence-corrected chi connectivity index (χ4v) is 4.00. The monoisotopic (exact) mass is 346 g/mol. The van der Waals surface area contributed by atoms with Gasteiger partial charge >= 0.3 is 0 Å². The van der Waals surface area contributed by atoms with E-state index in [-0.39, 0.29) is 5.91 Å². The third kappa shape index (κ3) is 2.77. The minimum absolute atomic E-state index is 0.135. The fraction of sp³-hybridized carbons (Fsp3) is 0.381. The zero-order valence-corrected chi connectivity index (χ0v) is 14.7. The minimum atomic E-state index is 0.135. The van der Waals surface area contributed by atoms with Crippen molar-refractivity contribution in [3.63, 3.8) is 0 Å². The van der Waals surface area contributed by atoms with Gasteiger partial charge in [0.05, 0.1) is 23.4 Å². The van der Waals surface area contributed by atoms with Crippen molar-refractivity contribution in [2.24, 2.45) is 0 Å². The first-order valence-corrected chi connectivity index (χ1v) is 9.46. The van der Waals surface area contributed by atoms with Crippen LogP contribution >= 0.6 is 0 Å². The second kappa shape index (κ2) is 6.24. The molecule has 0 unspecified atom stereocenters. The summed E-state index contributed by atoms with van der Waals surface area (Å²) in [6.45, 7) is 1.56. The zero-order valence-electron chi connectivity index (χ0n) is 14.7. The summed E-state index contributed by atoms with van der Waals surface area (Å²) in [5.74, 6) is 0.668. The molecule has 2 aromatic heterocycles. The Kier molecular flexibility index (Phi) is 3.73. The predicted octanol–water partition coefficient (Wildman–Crippen LogP) is 3.79. The Morgan fingerprint density at radius 2 is 2.04 bits per heavy atom. The van der Waals surface area contributed by atoms with Gasteiger partial charge in [-0.15, -0.1) is 0 Å². The molecule has 2 aliphatic rings. The molecule has 5 heteroatoms. The summed E-state index contributed by atoms with van der Waals surface area (Å²) in [5, 5.41) is 0.964. The number of nitrogens with zero attached hydrogens (tertiary/aromatic N) is 4. The van der Waals surface area contributed by atoms with Crippen LogP contribution < -0.4 is 0 Å². The summed E-state index contributed by atoms with van der Waals surface area (Å²) >= 11 is 0. The summed E-state index contributed by atoms with van der Waals surface area (Å²) < 4.78 is 2.12. The number of aromatic nitrogens is 3. The van der Waals surface area contributed by atoms with Gasteiger partial charge in [-0.2, -0.15) is 0 Å². The number of rotatable bonds is 3. The Morgan fingerprint density at radius 3 is 2.85 bits per heavy atom. The highest BCUT2D eigenvalue weighted by atomic mass is 16.2. The van der Waals surface area contributed by atoms with Crippen molar-refractivity contribution < 1.29 is 4.79 Å².